The quantitative estimate of drug-likeness (QED) is 0.369. The molecule has 0 saturated carbocycles. The van der Waals surface area contributed by atoms with E-state index in [0.717, 1.165) is 56.1 Å². The van der Waals surface area contributed by atoms with Crippen molar-refractivity contribution in [3.8, 4) is 0 Å². The van der Waals surface area contributed by atoms with Crippen LogP contribution >= 0.6 is 0 Å². The molecule has 0 amide bonds. The number of carbonyl (C=O) groups is 1. The smallest absolute Gasteiger partial charge is 0.172 e. The van der Waals surface area contributed by atoms with E-state index in [4.69, 9.17) is 38.9 Å². The molecule has 1 spiro atoms. The first-order valence-electron chi connectivity index (χ1n) is 19.6. The molecule has 8 fully saturated rings. The highest BCUT2D eigenvalue weighted by molar-refractivity contribution is 5.79. The van der Waals surface area contributed by atoms with Gasteiger partial charge in [0.25, 0.3) is 0 Å². The fourth-order valence-corrected chi connectivity index (χ4v) is 10.5. The number of fused-ring (bicyclic) bond motifs is 9. The van der Waals surface area contributed by atoms with Crippen LogP contribution in [0.2, 0.25) is 0 Å². The molecule has 0 radical (unpaired) electrons. The first kappa shape index (κ1) is 35.8. The molecule has 8 aliphatic rings. The number of carbonyl (C=O) groups excluding carboxylic acids is 1. The summed E-state index contributed by atoms with van der Waals surface area (Å²) in [7, 11) is 0. The van der Waals surface area contributed by atoms with E-state index < -0.39 is 24.1 Å². The van der Waals surface area contributed by atoms with Crippen molar-refractivity contribution >= 4 is 5.78 Å². The van der Waals surface area contributed by atoms with Crippen LogP contribution in [-0.4, -0.2) is 114 Å². The number of hydrogen-bond acceptors (Lipinski definition) is 11. The van der Waals surface area contributed by atoms with E-state index in [9.17, 15) is 15.0 Å². The summed E-state index contributed by atoms with van der Waals surface area (Å²) < 4.78 is 46.7. The minimum atomic E-state index is -0.928. The lowest BCUT2D eigenvalue weighted by molar-refractivity contribution is -0.277. The van der Waals surface area contributed by atoms with Crippen LogP contribution in [0.3, 0.4) is 0 Å². The molecule has 8 heterocycles. The third kappa shape index (κ3) is 7.30. The van der Waals surface area contributed by atoms with Crippen molar-refractivity contribution < 1.29 is 48.2 Å². The Hall–Kier alpha value is -1.25. The number of aliphatic hydroxyl groups excluding tert-OH is 2. The van der Waals surface area contributed by atoms with Crippen LogP contribution in [-0.2, 0) is 38.0 Å². The van der Waals surface area contributed by atoms with Gasteiger partial charge >= 0.3 is 0 Å². The van der Waals surface area contributed by atoms with Crippen molar-refractivity contribution in [2.75, 3.05) is 6.54 Å². The minimum absolute atomic E-state index is 0.00819. The van der Waals surface area contributed by atoms with Crippen LogP contribution in [0, 0.1) is 11.8 Å². The van der Waals surface area contributed by atoms with E-state index in [1.807, 2.05) is 0 Å². The third-order valence-corrected chi connectivity index (χ3v) is 13.2. The summed E-state index contributed by atoms with van der Waals surface area (Å²) >= 11 is 0. The van der Waals surface area contributed by atoms with Crippen LogP contribution in [0.1, 0.15) is 103 Å². The number of rotatable bonds is 3. The Morgan fingerprint density at radius 2 is 1.60 bits per heavy atom. The second-order valence-corrected chi connectivity index (χ2v) is 17.0. The van der Waals surface area contributed by atoms with Crippen LogP contribution in [0.25, 0.3) is 0 Å². The fraction of sp³-hybridized carbons (Fsp3) is 0.872. The molecule has 8 aliphatic heterocycles. The van der Waals surface area contributed by atoms with Crippen LogP contribution in [0.4, 0.5) is 0 Å². The van der Waals surface area contributed by atoms with Crippen LogP contribution < -0.4 is 5.73 Å². The molecule has 17 atom stereocenters. The van der Waals surface area contributed by atoms with Gasteiger partial charge in [-0.3, -0.25) is 4.79 Å². The highest BCUT2D eigenvalue weighted by Crippen LogP contribution is 2.49. The number of ether oxygens (including phenoxy) is 7. The first-order valence-corrected chi connectivity index (χ1v) is 19.6. The molecular weight excluding hydrogens is 642 g/mol. The summed E-state index contributed by atoms with van der Waals surface area (Å²) in [5.41, 5.74) is 7.96. The second-order valence-electron chi connectivity index (χ2n) is 17.0. The van der Waals surface area contributed by atoms with Crippen LogP contribution in [0.5, 0.6) is 0 Å². The maximum absolute atomic E-state index is 13.8. The number of nitrogens with two attached hydrogens (primary N) is 1. The van der Waals surface area contributed by atoms with Crippen molar-refractivity contribution in [2.45, 2.75) is 194 Å². The predicted molar refractivity (Wildman–Crippen MR) is 182 cm³/mol. The number of ketones is 1. The van der Waals surface area contributed by atoms with E-state index in [-0.39, 0.29) is 85.4 Å². The minimum Gasteiger partial charge on any atom is -0.392 e. The molecule has 10 bridgehead atoms. The summed E-state index contributed by atoms with van der Waals surface area (Å²) in [6, 6.07) is 0. The first-order chi connectivity index (χ1) is 24.0. The zero-order valence-corrected chi connectivity index (χ0v) is 29.7. The molecule has 4 N–H and O–H groups in total. The Balaban J connectivity index is 1.04. The second kappa shape index (κ2) is 14.5. The van der Waals surface area contributed by atoms with E-state index in [0.29, 0.717) is 57.3 Å². The number of Topliss-reactive ketones (excluding diaryl/α,β-unsaturated/α-hetero) is 1. The SMILES string of the molecule is C=C1CC2CC[C@]34C[C@@H](O)C(O3)C3CC(O4)C4OC(CCC4O3)CC(=O)CC3C[C@@H](CC(O)CN)OC3C[C@H]3OC(CC[C@@H]1O2)C[C@@H](C)C3=C. The molecule has 280 valence electrons. The summed E-state index contributed by atoms with van der Waals surface area (Å²) in [5, 5.41) is 21.5. The Morgan fingerprint density at radius 3 is 2.44 bits per heavy atom. The van der Waals surface area contributed by atoms with E-state index >= 15 is 0 Å². The van der Waals surface area contributed by atoms with Gasteiger partial charge in [-0.25, -0.2) is 0 Å². The Labute approximate surface area is 296 Å². The summed E-state index contributed by atoms with van der Waals surface area (Å²) in [4.78, 5) is 13.8. The molecule has 11 nitrogen and oxygen atoms in total. The maximum atomic E-state index is 13.8. The Kier molecular flexibility index (Phi) is 10.4. The number of aliphatic hydroxyl groups is 2. The summed E-state index contributed by atoms with van der Waals surface area (Å²) in [5.74, 6) is -0.449. The average molecular weight is 702 g/mol. The largest absolute Gasteiger partial charge is 0.392 e. The zero-order valence-electron chi connectivity index (χ0n) is 29.7. The molecule has 0 aliphatic carbocycles. The highest BCUT2D eigenvalue weighted by Gasteiger charge is 2.59. The van der Waals surface area contributed by atoms with E-state index in [1.54, 1.807) is 0 Å². The van der Waals surface area contributed by atoms with Crippen molar-refractivity contribution in [3.05, 3.63) is 24.3 Å². The van der Waals surface area contributed by atoms with Gasteiger partial charge < -0.3 is 49.1 Å². The van der Waals surface area contributed by atoms with Crippen molar-refractivity contribution in [1.82, 2.24) is 0 Å². The van der Waals surface area contributed by atoms with Gasteiger partial charge in [-0.05, 0) is 74.3 Å². The molecule has 11 unspecified atom stereocenters. The lowest BCUT2D eigenvalue weighted by atomic mass is 9.82. The lowest BCUT2D eigenvalue weighted by Gasteiger charge is -2.47. The average Bonchev–Trinajstić information content (AvgIpc) is 3.71. The predicted octanol–water partition coefficient (Wildman–Crippen LogP) is 3.80. The molecule has 0 aromatic rings. The molecule has 50 heavy (non-hydrogen) atoms. The van der Waals surface area contributed by atoms with Gasteiger partial charge in [0.15, 0.2) is 5.79 Å². The summed E-state index contributed by atoms with van der Waals surface area (Å²) in [6.45, 7) is 11.3. The van der Waals surface area contributed by atoms with Gasteiger partial charge in [0.2, 0.25) is 0 Å². The van der Waals surface area contributed by atoms with Crippen molar-refractivity contribution in [1.29, 1.82) is 0 Å². The van der Waals surface area contributed by atoms with Gasteiger partial charge in [-0.1, -0.05) is 20.1 Å². The van der Waals surface area contributed by atoms with Gasteiger partial charge in [0.1, 0.15) is 18.0 Å². The maximum Gasteiger partial charge on any atom is 0.172 e. The van der Waals surface area contributed by atoms with Crippen molar-refractivity contribution in [2.24, 2.45) is 17.6 Å². The molecule has 0 aromatic heterocycles. The molecule has 0 aromatic carbocycles. The normalized spacial score (nSPS) is 50.4. The Bertz CT molecular complexity index is 1280. The van der Waals surface area contributed by atoms with Crippen molar-refractivity contribution in [3.63, 3.8) is 0 Å². The van der Waals surface area contributed by atoms with Gasteiger partial charge in [0, 0.05) is 51.5 Å². The fourth-order valence-electron chi connectivity index (χ4n) is 10.5. The third-order valence-electron chi connectivity index (χ3n) is 13.2. The van der Waals surface area contributed by atoms with Gasteiger partial charge in [0.05, 0.1) is 73.2 Å². The van der Waals surface area contributed by atoms with E-state index in [2.05, 4.69) is 20.1 Å². The van der Waals surface area contributed by atoms with Gasteiger partial charge in [-0.2, -0.15) is 0 Å². The molecule has 8 saturated heterocycles. The molecule has 11 heteroatoms. The zero-order chi connectivity index (χ0) is 34.7. The van der Waals surface area contributed by atoms with E-state index in [1.165, 1.54) is 0 Å². The highest BCUT2D eigenvalue weighted by atomic mass is 16.7. The van der Waals surface area contributed by atoms with Crippen LogP contribution in [0.15, 0.2) is 24.3 Å². The molecule has 8 rings (SSSR count). The topological polar surface area (TPSA) is 148 Å². The monoisotopic (exact) mass is 701 g/mol. The molecular formula is C39H59NO10. The number of hydrogen-bond donors (Lipinski definition) is 3. The lowest BCUT2D eigenvalue weighted by Crippen LogP contribution is -2.58. The Morgan fingerprint density at radius 1 is 0.800 bits per heavy atom. The summed E-state index contributed by atoms with van der Waals surface area (Å²) in [6.07, 6.45) is 6.38. The standard InChI is InChI=1S/C39H59NO10/c1-20-10-26-4-6-31-21(2)11-28(44-31)8-9-39-18-30(43)37(50-39)35-17-36(49-39)38-32(48-35)7-5-27(47-38)14-24(41)12-23-13-29(15-25(42)19-40)46-34(23)16-33(45-26)22(20)3/h20,23,25-38,42-43H,2-19,40H2,1H3/t20-,23?,25?,26?,27?,28?,29+,30-,31+,32?,33-,34?,35?,36?,37?,38?,39-/m1/s1. The van der Waals surface area contributed by atoms with Gasteiger partial charge in [-0.15, -0.1) is 0 Å².